The first-order valence-corrected chi connectivity index (χ1v) is 6.99. The van der Waals surface area contributed by atoms with Crippen molar-refractivity contribution in [1.82, 2.24) is 4.90 Å². The topological polar surface area (TPSA) is 46.3 Å². The highest BCUT2D eigenvalue weighted by Gasteiger charge is 2.09. The summed E-state index contributed by atoms with van der Waals surface area (Å²) in [5.41, 5.74) is 8.28. The minimum atomic E-state index is 0.0490. The van der Waals surface area contributed by atoms with Gasteiger partial charge in [-0.05, 0) is 36.2 Å². The summed E-state index contributed by atoms with van der Waals surface area (Å²) >= 11 is 0. The molecule has 0 atom stereocenters. The Morgan fingerprint density at radius 1 is 1.14 bits per heavy atom. The van der Waals surface area contributed by atoms with Gasteiger partial charge in [-0.1, -0.05) is 42.5 Å². The third-order valence-corrected chi connectivity index (χ3v) is 3.22. The smallest absolute Gasteiger partial charge is 0.253 e. The van der Waals surface area contributed by atoms with Gasteiger partial charge in [0, 0.05) is 24.8 Å². The number of carbonyl (C=O) groups excluding carboxylic acids is 1. The quantitative estimate of drug-likeness (QED) is 0.853. The van der Waals surface area contributed by atoms with Crippen molar-refractivity contribution in [2.75, 3.05) is 19.3 Å². The molecule has 0 heterocycles. The molecule has 2 aromatic rings. The van der Waals surface area contributed by atoms with Crippen LogP contribution in [0.3, 0.4) is 0 Å². The maximum Gasteiger partial charge on any atom is 0.253 e. The Morgan fingerprint density at radius 3 is 2.62 bits per heavy atom. The number of rotatable bonds is 5. The van der Waals surface area contributed by atoms with Crippen LogP contribution < -0.4 is 5.73 Å². The third kappa shape index (κ3) is 4.49. The standard InChI is InChI=1S/C18H20N2O/c1-20(18(21)16-10-3-2-4-11-16)13-6-5-8-15-9-7-12-17(19)14-15/h2-5,7-12,14H,6,13,19H2,1H3. The zero-order chi connectivity index (χ0) is 15.1. The molecule has 0 unspecified atom stereocenters. The zero-order valence-corrected chi connectivity index (χ0v) is 12.2. The molecule has 1 amide bonds. The second kappa shape index (κ2) is 7.29. The third-order valence-electron chi connectivity index (χ3n) is 3.22. The predicted molar refractivity (Wildman–Crippen MR) is 87.9 cm³/mol. The highest BCUT2D eigenvalue weighted by molar-refractivity contribution is 5.93. The van der Waals surface area contributed by atoms with E-state index < -0.39 is 0 Å². The van der Waals surface area contributed by atoms with Crippen LogP contribution in [0.25, 0.3) is 6.08 Å². The molecule has 0 aromatic heterocycles. The van der Waals surface area contributed by atoms with E-state index in [1.807, 2.05) is 67.7 Å². The van der Waals surface area contributed by atoms with Crippen molar-refractivity contribution in [1.29, 1.82) is 0 Å². The molecule has 0 aliphatic heterocycles. The fourth-order valence-corrected chi connectivity index (χ4v) is 2.05. The van der Waals surface area contributed by atoms with E-state index in [0.29, 0.717) is 6.54 Å². The van der Waals surface area contributed by atoms with E-state index in [2.05, 4.69) is 6.08 Å². The van der Waals surface area contributed by atoms with Gasteiger partial charge in [0.1, 0.15) is 0 Å². The fraction of sp³-hybridized carbons (Fsp3) is 0.167. The average Bonchev–Trinajstić information content (AvgIpc) is 2.51. The number of amides is 1. The van der Waals surface area contributed by atoms with Gasteiger partial charge >= 0.3 is 0 Å². The molecule has 3 heteroatoms. The number of hydrogen-bond acceptors (Lipinski definition) is 2. The van der Waals surface area contributed by atoms with Crippen molar-refractivity contribution >= 4 is 17.7 Å². The SMILES string of the molecule is CN(CCC=Cc1cccc(N)c1)C(=O)c1ccccc1. The van der Waals surface area contributed by atoms with Gasteiger partial charge in [0.15, 0.2) is 0 Å². The second-order valence-corrected chi connectivity index (χ2v) is 4.95. The maximum atomic E-state index is 12.1. The van der Waals surface area contributed by atoms with Crippen molar-refractivity contribution in [2.24, 2.45) is 0 Å². The van der Waals surface area contributed by atoms with Gasteiger partial charge < -0.3 is 10.6 Å². The van der Waals surface area contributed by atoms with Gasteiger partial charge in [0.2, 0.25) is 0 Å². The predicted octanol–water partition coefficient (Wildman–Crippen LogP) is 3.44. The number of carbonyl (C=O) groups is 1. The van der Waals surface area contributed by atoms with Gasteiger partial charge in [-0.15, -0.1) is 0 Å². The van der Waals surface area contributed by atoms with Gasteiger partial charge in [0.25, 0.3) is 5.91 Å². The van der Waals surface area contributed by atoms with Crippen LogP contribution in [0.5, 0.6) is 0 Å². The Labute approximate surface area is 125 Å². The molecule has 0 saturated heterocycles. The number of nitrogens with two attached hydrogens (primary N) is 1. The molecule has 108 valence electrons. The van der Waals surface area contributed by atoms with E-state index in [1.165, 1.54) is 0 Å². The lowest BCUT2D eigenvalue weighted by molar-refractivity contribution is 0.0797. The first kappa shape index (κ1) is 14.9. The number of benzene rings is 2. The largest absolute Gasteiger partial charge is 0.399 e. The highest BCUT2D eigenvalue weighted by Crippen LogP contribution is 2.09. The van der Waals surface area contributed by atoms with Crippen molar-refractivity contribution in [3.05, 3.63) is 71.8 Å². The first-order chi connectivity index (χ1) is 10.2. The summed E-state index contributed by atoms with van der Waals surface area (Å²) in [6.45, 7) is 0.687. The van der Waals surface area contributed by atoms with Crippen molar-refractivity contribution in [3.63, 3.8) is 0 Å². The van der Waals surface area contributed by atoms with Gasteiger partial charge in [0.05, 0.1) is 0 Å². The van der Waals surface area contributed by atoms with Gasteiger partial charge in [-0.25, -0.2) is 0 Å². The second-order valence-electron chi connectivity index (χ2n) is 4.95. The Bertz CT molecular complexity index is 620. The van der Waals surface area contributed by atoms with E-state index in [1.54, 1.807) is 4.90 Å². The van der Waals surface area contributed by atoms with Crippen LogP contribution >= 0.6 is 0 Å². The molecule has 0 radical (unpaired) electrons. The van der Waals surface area contributed by atoms with Gasteiger partial charge in [-0.3, -0.25) is 4.79 Å². The summed E-state index contributed by atoms with van der Waals surface area (Å²) in [4.78, 5) is 13.9. The Kier molecular flexibility index (Phi) is 5.16. The van der Waals surface area contributed by atoms with Crippen LogP contribution in [0.1, 0.15) is 22.3 Å². The summed E-state index contributed by atoms with van der Waals surface area (Å²) in [7, 11) is 1.82. The van der Waals surface area contributed by atoms with Crippen LogP contribution in [0, 0.1) is 0 Å². The molecule has 0 bridgehead atoms. The van der Waals surface area contributed by atoms with E-state index in [4.69, 9.17) is 5.73 Å². The van der Waals surface area contributed by atoms with E-state index >= 15 is 0 Å². The van der Waals surface area contributed by atoms with Crippen LogP contribution in [0.4, 0.5) is 5.69 Å². The normalized spacial score (nSPS) is 10.7. The summed E-state index contributed by atoms with van der Waals surface area (Å²) < 4.78 is 0. The highest BCUT2D eigenvalue weighted by atomic mass is 16.2. The number of hydrogen-bond donors (Lipinski definition) is 1. The van der Waals surface area contributed by atoms with Crippen LogP contribution in [-0.2, 0) is 0 Å². The molecular formula is C18H20N2O. The lowest BCUT2D eigenvalue weighted by Gasteiger charge is -2.16. The summed E-state index contributed by atoms with van der Waals surface area (Å²) in [6.07, 6.45) is 4.89. The summed E-state index contributed by atoms with van der Waals surface area (Å²) in [5, 5.41) is 0. The van der Waals surface area contributed by atoms with Crippen molar-refractivity contribution < 1.29 is 4.79 Å². The van der Waals surface area contributed by atoms with E-state index in [-0.39, 0.29) is 5.91 Å². The molecule has 2 aromatic carbocycles. The van der Waals surface area contributed by atoms with Crippen LogP contribution in [-0.4, -0.2) is 24.4 Å². The molecule has 0 aliphatic carbocycles. The lowest BCUT2D eigenvalue weighted by atomic mass is 10.1. The number of anilines is 1. The number of nitrogens with zero attached hydrogens (tertiary/aromatic N) is 1. The maximum absolute atomic E-state index is 12.1. The minimum absolute atomic E-state index is 0.0490. The van der Waals surface area contributed by atoms with Crippen molar-refractivity contribution in [3.8, 4) is 0 Å². The van der Waals surface area contributed by atoms with Gasteiger partial charge in [-0.2, -0.15) is 0 Å². The summed E-state index contributed by atoms with van der Waals surface area (Å²) in [6, 6.07) is 17.1. The minimum Gasteiger partial charge on any atom is -0.399 e. The Balaban J connectivity index is 1.84. The summed E-state index contributed by atoms with van der Waals surface area (Å²) in [5.74, 6) is 0.0490. The fourth-order valence-electron chi connectivity index (χ4n) is 2.05. The van der Waals surface area contributed by atoms with E-state index in [9.17, 15) is 4.79 Å². The number of nitrogen functional groups attached to an aromatic ring is 1. The Hall–Kier alpha value is -2.55. The molecule has 0 saturated carbocycles. The van der Waals surface area contributed by atoms with Crippen molar-refractivity contribution in [2.45, 2.75) is 6.42 Å². The van der Waals surface area contributed by atoms with Crippen LogP contribution in [0.2, 0.25) is 0 Å². The molecule has 0 aliphatic rings. The molecule has 0 spiro atoms. The molecule has 2 N–H and O–H groups in total. The van der Waals surface area contributed by atoms with E-state index in [0.717, 1.165) is 23.2 Å². The molecular weight excluding hydrogens is 260 g/mol. The lowest BCUT2D eigenvalue weighted by Crippen LogP contribution is -2.27. The molecule has 2 rings (SSSR count). The Morgan fingerprint density at radius 2 is 1.90 bits per heavy atom. The molecule has 3 nitrogen and oxygen atoms in total. The monoisotopic (exact) mass is 280 g/mol. The average molecular weight is 280 g/mol. The zero-order valence-electron chi connectivity index (χ0n) is 12.2. The molecule has 0 fully saturated rings. The first-order valence-electron chi connectivity index (χ1n) is 6.99. The molecule has 21 heavy (non-hydrogen) atoms. The van der Waals surface area contributed by atoms with Crippen LogP contribution in [0.15, 0.2) is 60.7 Å².